The van der Waals surface area contributed by atoms with Crippen LogP contribution >= 0.6 is 11.8 Å². The highest BCUT2D eigenvalue weighted by molar-refractivity contribution is 8.00. The molecule has 2 rings (SSSR count). The summed E-state index contributed by atoms with van der Waals surface area (Å²) in [5, 5.41) is 12.7. The molecule has 5 nitrogen and oxygen atoms in total. The van der Waals surface area contributed by atoms with Crippen LogP contribution in [-0.4, -0.2) is 28.2 Å². The summed E-state index contributed by atoms with van der Waals surface area (Å²) in [4.78, 5) is 20.4. The second-order valence-corrected chi connectivity index (χ2v) is 6.61. The molecule has 1 N–H and O–H groups in total. The van der Waals surface area contributed by atoms with E-state index in [0.29, 0.717) is 28.7 Å². The van der Waals surface area contributed by atoms with Gasteiger partial charge < -0.3 is 5.32 Å². The van der Waals surface area contributed by atoms with E-state index < -0.39 is 0 Å². The van der Waals surface area contributed by atoms with E-state index in [2.05, 4.69) is 27.4 Å². The Balaban J connectivity index is 1.80. The van der Waals surface area contributed by atoms with Gasteiger partial charge in [0.25, 0.3) is 0 Å². The molecule has 1 heterocycles. The second kappa shape index (κ2) is 8.68. The highest BCUT2D eigenvalue weighted by Crippen LogP contribution is 2.22. The molecule has 0 unspecified atom stereocenters. The number of hydrogen-bond acceptors (Lipinski definition) is 5. The molecular weight excluding hydrogens is 308 g/mol. The van der Waals surface area contributed by atoms with Crippen molar-refractivity contribution in [3.05, 3.63) is 28.7 Å². The molecule has 1 aliphatic rings. The zero-order valence-electron chi connectivity index (χ0n) is 13.7. The Bertz CT molecular complexity index is 649. The van der Waals surface area contributed by atoms with Crippen molar-refractivity contribution in [2.24, 2.45) is 0 Å². The number of nitrogens with one attached hydrogen (secondary N) is 1. The Hall–Kier alpha value is -1.87. The molecule has 1 amide bonds. The summed E-state index contributed by atoms with van der Waals surface area (Å²) < 4.78 is 0. The van der Waals surface area contributed by atoms with Gasteiger partial charge in [-0.25, -0.2) is 9.97 Å². The molecule has 0 bridgehead atoms. The van der Waals surface area contributed by atoms with Crippen LogP contribution in [0.5, 0.6) is 0 Å². The fourth-order valence-corrected chi connectivity index (χ4v) is 3.50. The summed E-state index contributed by atoms with van der Waals surface area (Å²) in [6.45, 7) is 4.25. The number of aryl methyl sites for hydroxylation is 2. The maximum atomic E-state index is 11.9. The minimum absolute atomic E-state index is 0.0239. The molecule has 122 valence electrons. The Kier molecular flexibility index (Phi) is 6.60. The SMILES string of the molecule is Cc1nc(C)c(C#N)c(SCC(=O)NCCC2=CCCCC2)n1. The van der Waals surface area contributed by atoms with E-state index in [1.54, 1.807) is 13.8 Å². The molecule has 0 saturated carbocycles. The summed E-state index contributed by atoms with van der Waals surface area (Å²) in [6, 6.07) is 2.12. The number of thioether (sulfide) groups is 1. The van der Waals surface area contributed by atoms with E-state index in [1.807, 2.05) is 0 Å². The predicted molar refractivity (Wildman–Crippen MR) is 91.1 cm³/mol. The molecule has 1 aromatic heterocycles. The van der Waals surface area contributed by atoms with Gasteiger partial charge in [-0.3, -0.25) is 4.79 Å². The third kappa shape index (κ3) is 5.36. The van der Waals surface area contributed by atoms with Gasteiger partial charge in [0, 0.05) is 6.54 Å². The van der Waals surface area contributed by atoms with Crippen LogP contribution in [0.25, 0.3) is 0 Å². The fraction of sp³-hybridized carbons (Fsp3) is 0.529. The Morgan fingerprint density at radius 1 is 1.39 bits per heavy atom. The minimum atomic E-state index is -0.0239. The summed E-state index contributed by atoms with van der Waals surface area (Å²) in [5.41, 5.74) is 2.57. The lowest BCUT2D eigenvalue weighted by Gasteiger charge is -2.13. The van der Waals surface area contributed by atoms with Crippen LogP contribution < -0.4 is 5.32 Å². The van der Waals surface area contributed by atoms with Crippen LogP contribution in [0, 0.1) is 25.2 Å². The lowest BCUT2D eigenvalue weighted by atomic mass is 9.97. The van der Waals surface area contributed by atoms with E-state index in [4.69, 9.17) is 0 Å². The van der Waals surface area contributed by atoms with Gasteiger partial charge in [-0.2, -0.15) is 5.26 Å². The van der Waals surface area contributed by atoms with Gasteiger partial charge in [-0.1, -0.05) is 23.4 Å². The smallest absolute Gasteiger partial charge is 0.230 e. The van der Waals surface area contributed by atoms with Crippen molar-refractivity contribution >= 4 is 17.7 Å². The van der Waals surface area contributed by atoms with Gasteiger partial charge in [-0.15, -0.1) is 0 Å². The molecular formula is C17H22N4OS. The molecule has 0 radical (unpaired) electrons. The van der Waals surface area contributed by atoms with Crippen LogP contribution in [0.3, 0.4) is 0 Å². The monoisotopic (exact) mass is 330 g/mol. The number of nitrogens with zero attached hydrogens (tertiary/aromatic N) is 3. The van der Waals surface area contributed by atoms with Crippen LogP contribution in [0.2, 0.25) is 0 Å². The van der Waals surface area contributed by atoms with Crippen molar-refractivity contribution in [2.45, 2.75) is 51.0 Å². The van der Waals surface area contributed by atoms with Crippen molar-refractivity contribution in [3.8, 4) is 6.07 Å². The average molecular weight is 330 g/mol. The number of nitriles is 1. The number of allylic oxidation sites excluding steroid dienone is 1. The average Bonchev–Trinajstić information content (AvgIpc) is 2.53. The largest absolute Gasteiger partial charge is 0.355 e. The number of rotatable bonds is 6. The summed E-state index contributed by atoms with van der Waals surface area (Å²) in [5.74, 6) is 0.863. The summed E-state index contributed by atoms with van der Waals surface area (Å²) in [6.07, 6.45) is 8.12. The molecule has 1 aliphatic carbocycles. The lowest BCUT2D eigenvalue weighted by Crippen LogP contribution is -2.26. The standard InChI is InChI=1S/C17H22N4OS/c1-12-15(10-18)17(21-13(2)20-12)23-11-16(22)19-9-8-14-6-4-3-5-7-14/h6H,3-5,7-9,11H2,1-2H3,(H,19,22). The van der Waals surface area contributed by atoms with Crippen molar-refractivity contribution < 1.29 is 4.79 Å². The number of aromatic nitrogens is 2. The van der Waals surface area contributed by atoms with Gasteiger partial charge in [-0.05, 0) is 46.0 Å². The van der Waals surface area contributed by atoms with E-state index in [9.17, 15) is 10.1 Å². The predicted octanol–water partition coefficient (Wildman–Crippen LogP) is 3.06. The number of carbonyl (C=O) groups is 1. The van der Waals surface area contributed by atoms with Crippen molar-refractivity contribution in [1.82, 2.24) is 15.3 Å². The topological polar surface area (TPSA) is 78.7 Å². The van der Waals surface area contributed by atoms with Gasteiger partial charge in [0.1, 0.15) is 22.5 Å². The van der Waals surface area contributed by atoms with Crippen LogP contribution in [0.1, 0.15) is 49.2 Å². The maximum Gasteiger partial charge on any atom is 0.230 e. The Morgan fingerprint density at radius 2 is 2.22 bits per heavy atom. The first-order chi connectivity index (χ1) is 11.1. The van der Waals surface area contributed by atoms with Crippen LogP contribution in [0.4, 0.5) is 0 Å². The molecule has 0 atom stereocenters. The molecule has 0 aliphatic heterocycles. The van der Waals surface area contributed by atoms with Crippen LogP contribution in [-0.2, 0) is 4.79 Å². The number of hydrogen-bond donors (Lipinski definition) is 1. The lowest BCUT2D eigenvalue weighted by molar-refractivity contribution is -0.118. The molecule has 0 saturated heterocycles. The first kappa shape index (κ1) is 17.5. The van der Waals surface area contributed by atoms with E-state index >= 15 is 0 Å². The van der Waals surface area contributed by atoms with Gasteiger partial charge in [0.15, 0.2) is 0 Å². The van der Waals surface area contributed by atoms with E-state index in [-0.39, 0.29) is 11.7 Å². The quantitative estimate of drug-likeness (QED) is 0.493. The summed E-state index contributed by atoms with van der Waals surface area (Å²) in [7, 11) is 0. The van der Waals surface area contributed by atoms with Crippen LogP contribution in [0.15, 0.2) is 16.7 Å². The molecule has 1 aromatic rings. The third-order valence-corrected chi connectivity index (χ3v) is 4.75. The van der Waals surface area contributed by atoms with Gasteiger partial charge in [0.05, 0.1) is 11.4 Å². The van der Waals surface area contributed by atoms with Gasteiger partial charge >= 0.3 is 0 Å². The molecule has 23 heavy (non-hydrogen) atoms. The van der Waals surface area contributed by atoms with Crippen molar-refractivity contribution in [1.29, 1.82) is 5.26 Å². The zero-order chi connectivity index (χ0) is 16.7. The number of amides is 1. The maximum absolute atomic E-state index is 11.9. The van der Waals surface area contributed by atoms with E-state index in [0.717, 1.165) is 12.8 Å². The molecule has 0 fully saturated rings. The summed E-state index contributed by atoms with van der Waals surface area (Å²) >= 11 is 1.29. The Labute approximate surface area is 141 Å². The Morgan fingerprint density at radius 3 is 2.91 bits per heavy atom. The first-order valence-electron chi connectivity index (χ1n) is 7.93. The van der Waals surface area contributed by atoms with Crippen molar-refractivity contribution in [2.75, 3.05) is 12.3 Å². The van der Waals surface area contributed by atoms with Gasteiger partial charge in [0.2, 0.25) is 5.91 Å². The molecule has 0 aromatic carbocycles. The third-order valence-electron chi connectivity index (χ3n) is 3.77. The highest BCUT2D eigenvalue weighted by Gasteiger charge is 2.12. The second-order valence-electron chi connectivity index (χ2n) is 5.64. The normalized spacial score (nSPS) is 14.0. The molecule has 6 heteroatoms. The molecule has 0 spiro atoms. The van der Waals surface area contributed by atoms with Crippen molar-refractivity contribution in [3.63, 3.8) is 0 Å². The number of carbonyl (C=O) groups excluding carboxylic acids is 1. The first-order valence-corrected chi connectivity index (χ1v) is 8.91. The highest BCUT2D eigenvalue weighted by atomic mass is 32.2. The zero-order valence-corrected chi connectivity index (χ0v) is 14.5. The minimum Gasteiger partial charge on any atom is -0.355 e. The van der Waals surface area contributed by atoms with E-state index in [1.165, 1.54) is 36.6 Å². The fourth-order valence-electron chi connectivity index (χ4n) is 2.59.